The van der Waals surface area contributed by atoms with Gasteiger partial charge in [-0.25, -0.2) is 4.98 Å². The molecule has 0 radical (unpaired) electrons. The van der Waals surface area contributed by atoms with Crippen molar-refractivity contribution in [3.63, 3.8) is 0 Å². The molecule has 124 valence electrons. The third kappa shape index (κ3) is 4.22. The van der Waals surface area contributed by atoms with Crippen molar-refractivity contribution in [2.24, 2.45) is 0 Å². The quantitative estimate of drug-likeness (QED) is 0.838. The van der Waals surface area contributed by atoms with E-state index in [0.717, 1.165) is 23.4 Å². The Bertz CT molecular complexity index is 670. The van der Waals surface area contributed by atoms with Crippen molar-refractivity contribution in [3.05, 3.63) is 39.8 Å². The van der Waals surface area contributed by atoms with Crippen molar-refractivity contribution >= 4 is 17.2 Å². The molecule has 0 saturated heterocycles. The third-order valence-electron chi connectivity index (χ3n) is 3.45. The molecule has 1 atom stereocenters. The summed E-state index contributed by atoms with van der Waals surface area (Å²) in [5.74, 6) is 1.28. The molecule has 23 heavy (non-hydrogen) atoms. The van der Waals surface area contributed by atoms with Crippen LogP contribution in [0.3, 0.4) is 0 Å². The van der Waals surface area contributed by atoms with Crippen LogP contribution in [0.2, 0.25) is 0 Å². The number of nitrogens with one attached hydrogen (secondary N) is 1. The van der Waals surface area contributed by atoms with Crippen LogP contribution in [0.25, 0.3) is 0 Å². The van der Waals surface area contributed by atoms with Gasteiger partial charge in [0.05, 0.1) is 31.0 Å². The summed E-state index contributed by atoms with van der Waals surface area (Å²) in [6.45, 7) is 6.47. The SMILES string of the molecule is CCCOc1ccc(C(C)NC(=O)c2scnc2C)cc1OC. The van der Waals surface area contributed by atoms with Crippen LogP contribution in [0.15, 0.2) is 23.7 Å². The van der Waals surface area contributed by atoms with Crippen molar-refractivity contribution in [1.29, 1.82) is 0 Å². The minimum atomic E-state index is -0.141. The molecule has 2 aromatic rings. The molecule has 0 spiro atoms. The number of rotatable bonds is 7. The van der Waals surface area contributed by atoms with Crippen LogP contribution >= 0.6 is 11.3 Å². The first kappa shape index (κ1) is 17.3. The van der Waals surface area contributed by atoms with E-state index in [1.807, 2.05) is 32.0 Å². The number of methoxy groups -OCH3 is 1. The van der Waals surface area contributed by atoms with Crippen LogP contribution in [0, 0.1) is 6.92 Å². The van der Waals surface area contributed by atoms with Gasteiger partial charge in [-0.1, -0.05) is 13.0 Å². The second kappa shape index (κ2) is 7.97. The molecule has 0 aliphatic rings. The average molecular weight is 334 g/mol. The lowest BCUT2D eigenvalue weighted by Gasteiger charge is -2.17. The molecule has 0 fully saturated rings. The summed E-state index contributed by atoms with van der Waals surface area (Å²) in [7, 11) is 1.61. The predicted octanol–water partition coefficient (Wildman–Crippen LogP) is 3.74. The Morgan fingerprint density at radius 2 is 2.17 bits per heavy atom. The third-order valence-corrected chi connectivity index (χ3v) is 4.38. The van der Waals surface area contributed by atoms with Crippen molar-refractivity contribution in [1.82, 2.24) is 10.3 Å². The van der Waals surface area contributed by atoms with Gasteiger partial charge in [0, 0.05) is 0 Å². The van der Waals surface area contributed by atoms with E-state index in [4.69, 9.17) is 9.47 Å². The Hall–Kier alpha value is -2.08. The topological polar surface area (TPSA) is 60.5 Å². The second-order valence-electron chi connectivity index (χ2n) is 5.22. The molecule has 1 aromatic carbocycles. The zero-order chi connectivity index (χ0) is 16.8. The summed E-state index contributed by atoms with van der Waals surface area (Å²) in [6.07, 6.45) is 0.936. The first-order valence-electron chi connectivity index (χ1n) is 7.58. The predicted molar refractivity (Wildman–Crippen MR) is 91.5 cm³/mol. The Balaban J connectivity index is 2.11. The fraction of sp³-hybridized carbons (Fsp3) is 0.412. The van der Waals surface area contributed by atoms with E-state index >= 15 is 0 Å². The molecule has 0 aliphatic carbocycles. The van der Waals surface area contributed by atoms with Gasteiger partial charge in [-0.15, -0.1) is 11.3 Å². The van der Waals surface area contributed by atoms with Crippen LogP contribution in [-0.4, -0.2) is 24.6 Å². The fourth-order valence-corrected chi connectivity index (χ4v) is 2.86. The normalized spacial score (nSPS) is 11.8. The number of nitrogens with zero attached hydrogens (tertiary/aromatic N) is 1. The number of thiazole rings is 1. The Morgan fingerprint density at radius 1 is 1.39 bits per heavy atom. The van der Waals surface area contributed by atoms with Crippen molar-refractivity contribution in [2.75, 3.05) is 13.7 Å². The standard InChI is InChI=1S/C17H22N2O3S/c1-5-8-22-14-7-6-13(9-15(14)21-4)11(2)19-17(20)16-12(3)18-10-23-16/h6-7,9-11H,5,8H2,1-4H3,(H,19,20). The number of amides is 1. The molecule has 1 aromatic heterocycles. The number of hydrogen-bond acceptors (Lipinski definition) is 5. The monoisotopic (exact) mass is 334 g/mol. The average Bonchev–Trinajstić information content (AvgIpc) is 2.98. The summed E-state index contributed by atoms with van der Waals surface area (Å²) in [5, 5.41) is 2.99. The van der Waals surface area contributed by atoms with E-state index in [1.165, 1.54) is 11.3 Å². The van der Waals surface area contributed by atoms with Crippen LogP contribution in [-0.2, 0) is 0 Å². The van der Waals surface area contributed by atoms with Crippen molar-refractivity contribution < 1.29 is 14.3 Å². The van der Waals surface area contributed by atoms with Crippen LogP contribution < -0.4 is 14.8 Å². The number of hydrogen-bond donors (Lipinski definition) is 1. The lowest BCUT2D eigenvalue weighted by molar-refractivity contribution is 0.0943. The molecular weight excluding hydrogens is 312 g/mol. The highest BCUT2D eigenvalue weighted by Crippen LogP contribution is 2.30. The molecule has 0 aliphatic heterocycles. The van der Waals surface area contributed by atoms with Gasteiger partial charge < -0.3 is 14.8 Å². The highest BCUT2D eigenvalue weighted by atomic mass is 32.1. The highest BCUT2D eigenvalue weighted by Gasteiger charge is 2.16. The van der Waals surface area contributed by atoms with E-state index < -0.39 is 0 Å². The van der Waals surface area contributed by atoms with E-state index in [-0.39, 0.29) is 11.9 Å². The number of benzene rings is 1. The van der Waals surface area contributed by atoms with E-state index in [0.29, 0.717) is 17.2 Å². The maximum absolute atomic E-state index is 12.3. The Kier molecular flexibility index (Phi) is 5.98. The maximum Gasteiger partial charge on any atom is 0.263 e. The molecule has 2 rings (SSSR count). The summed E-state index contributed by atoms with van der Waals surface area (Å²) < 4.78 is 11.0. The lowest BCUT2D eigenvalue weighted by Crippen LogP contribution is -2.26. The Morgan fingerprint density at radius 3 is 2.78 bits per heavy atom. The molecule has 0 saturated carbocycles. The fourth-order valence-electron chi connectivity index (χ4n) is 2.15. The molecule has 0 bridgehead atoms. The largest absolute Gasteiger partial charge is 0.493 e. The van der Waals surface area contributed by atoms with Gasteiger partial charge in [0.1, 0.15) is 4.88 Å². The minimum absolute atomic E-state index is 0.109. The van der Waals surface area contributed by atoms with Crippen LogP contribution in [0.4, 0.5) is 0 Å². The maximum atomic E-state index is 12.3. The van der Waals surface area contributed by atoms with Gasteiger partial charge in [-0.3, -0.25) is 4.79 Å². The zero-order valence-corrected chi connectivity index (χ0v) is 14.7. The molecular formula is C17H22N2O3S. The smallest absolute Gasteiger partial charge is 0.263 e. The van der Waals surface area contributed by atoms with Gasteiger partial charge in [-0.05, 0) is 38.0 Å². The number of aryl methyl sites for hydroxylation is 1. The lowest BCUT2D eigenvalue weighted by atomic mass is 10.1. The zero-order valence-electron chi connectivity index (χ0n) is 13.9. The van der Waals surface area contributed by atoms with E-state index in [1.54, 1.807) is 12.6 Å². The molecule has 1 unspecified atom stereocenters. The van der Waals surface area contributed by atoms with Crippen molar-refractivity contribution in [2.45, 2.75) is 33.2 Å². The summed E-state index contributed by atoms with van der Waals surface area (Å²) in [6, 6.07) is 5.58. The summed E-state index contributed by atoms with van der Waals surface area (Å²) >= 11 is 1.35. The van der Waals surface area contributed by atoms with E-state index in [2.05, 4.69) is 17.2 Å². The Labute approximate surface area is 140 Å². The van der Waals surface area contributed by atoms with Gasteiger partial charge in [-0.2, -0.15) is 0 Å². The highest BCUT2D eigenvalue weighted by molar-refractivity contribution is 7.11. The first-order chi connectivity index (χ1) is 11.1. The first-order valence-corrected chi connectivity index (χ1v) is 8.46. The molecule has 1 amide bonds. The number of aromatic nitrogens is 1. The second-order valence-corrected chi connectivity index (χ2v) is 6.08. The van der Waals surface area contributed by atoms with Crippen molar-refractivity contribution in [3.8, 4) is 11.5 Å². The van der Waals surface area contributed by atoms with Gasteiger partial charge >= 0.3 is 0 Å². The van der Waals surface area contributed by atoms with Crippen LogP contribution in [0.1, 0.15) is 47.2 Å². The van der Waals surface area contributed by atoms with Gasteiger partial charge in [0.15, 0.2) is 11.5 Å². The van der Waals surface area contributed by atoms with Gasteiger partial charge in [0.2, 0.25) is 0 Å². The number of carbonyl (C=O) groups excluding carboxylic acids is 1. The van der Waals surface area contributed by atoms with Gasteiger partial charge in [0.25, 0.3) is 5.91 Å². The number of ether oxygens (including phenoxy) is 2. The summed E-state index contributed by atoms with van der Waals surface area (Å²) in [4.78, 5) is 17.0. The summed E-state index contributed by atoms with van der Waals surface area (Å²) in [5.41, 5.74) is 3.39. The molecule has 6 heteroatoms. The van der Waals surface area contributed by atoms with Crippen LogP contribution in [0.5, 0.6) is 11.5 Å². The minimum Gasteiger partial charge on any atom is -0.493 e. The molecule has 5 nitrogen and oxygen atoms in total. The van der Waals surface area contributed by atoms with E-state index in [9.17, 15) is 4.79 Å². The molecule has 1 N–H and O–H groups in total. The number of carbonyl (C=O) groups is 1. The molecule has 1 heterocycles.